The molecule has 6 heteroatoms. The summed E-state index contributed by atoms with van der Waals surface area (Å²) in [6.45, 7) is 1.62. The summed E-state index contributed by atoms with van der Waals surface area (Å²) in [6.07, 6.45) is 4.31. The van der Waals surface area contributed by atoms with Gasteiger partial charge in [0, 0.05) is 30.4 Å². The van der Waals surface area contributed by atoms with Crippen molar-refractivity contribution in [1.82, 2.24) is 15.2 Å². The Hall–Kier alpha value is -2.08. The van der Waals surface area contributed by atoms with Crippen LogP contribution in [-0.4, -0.2) is 28.9 Å². The molecule has 0 aliphatic carbocycles. The van der Waals surface area contributed by atoms with E-state index in [-0.39, 0.29) is 6.67 Å². The molecule has 1 aromatic carbocycles. The second-order valence-corrected chi connectivity index (χ2v) is 5.27. The van der Waals surface area contributed by atoms with Crippen LogP contribution in [0.25, 0.3) is 21.3 Å². The number of rotatable bonds is 3. The van der Waals surface area contributed by atoms with Crippen molar-refractivity contribution in [2.24, 2.45) is 0 Å². The van der Waals surface area contributed by atoms with Crippen LogP contribution in [0.5, 0.6) is 0 Å². The molecule has 110 valence electrons. The van der Waals surface area contributed by atoms with Gasteiger partial charge in [0.25, 0.3) is 0 Å². The molecule has 4 nitrogen and oxygen atoms in total. The van der Waals surface area contributed by atoms with E-state index in [9.17, 15) is 4.39 Å². The van der Waals surface area contributed by atoms with Gasteiger partial charge in [0.1, 0.15) is 5.01 Å². The van der Waals surface area contributed by atoms with Crippen LogP contribution in [-0.2, 0) is 0 Å². The number of aromatic nitrogens is 3. The minimum Gasteiger partial charge on any atom is -0.363 e. The van der Waals surface area contributed by atoms with Gasteiger partial charge in [0.05, 0.1) is 6.67 Å². The molecule has 3 rings (SSSR count). The summed E-state index contributed by atoms with van der Waals surface area (Å²) >= 11 is 1.55. The first-order chi connectivity index (χ1) is 10.3. The third-order valence-electron chi connectivity index (χ3n) is 2.72. The third-order valence-corrected chi connectivity index (χ3v) is 3.71. The summed E-state index contributed by atoms with van der Waals surface area (Å²) in [5, 5.41) is 15.2. The SMILES string of the molecule is CCCF.CNc1nnc(-c2ccc3cnccc3c2)s1. The van der Waals surface area contributed by atoms with E-state index in [1.165, 1.54) is 5.39 Å². The fourth-order valence-electron chi connectivity index (χ4n) is 1.66. The van der Waals surface area contributed by atoms with Crippen LogP contribution in [0.4, 0.5) is 9.52 Å². The minimum atomic E-state index is -0.181. The van der Waals surface area contributed by atoms with Gasteiger partial charge in [-0.2, -0.15) is 0 Å². The molecule has 2 heterocycles. The molecule has 1 N–H and O–H groups in total. The van der Waals surface area contributed by atoms with Gasteiger partial charge >= 0.3 is 0 Å². The smallest absolute Gasteiger partial charge is 0.205 e. The van der Waals surface area contributed by atoms with Gasteiger partial charge in [-0.3, -0.25) is 9.37 Å². The second kappa shape index (κ2) is 7.64. The topological polar surface area (TPSA) is 50.7 Å². The largest absolute Gasteiger partial charge is 0.363 e. The van der Waals surface area contributed by atoms with Crippen molar-refractivity contribution in [3.05, 3.63) is 36.7 Å². The summed E-state index contributed by atoms with van der Waals surface area (Å²) in [5.41, 5.74) is 1.09. The number of nitrogens with one attached hydrogen (secondary N) is 1. The average molecular weight is 304 g/mol. The molecule has 0 saturated heterocycles. The van der Waals surface area contributed by atoms with E-state index in [2.05, 4.69) is 32.6 Å². The predicted octanol–water partition coefficient (Wildman–Crippen LogP) is 4.16. The number of nitrogens with zero attached hydrogens (tertiary/aromatic N) is 3. The van der Waals surface area contributed by atoms with Gasteiger partial charge < -0.3 is 5.32 Å². The van der Waals surface area contributed by atoms with Gasteiger partial charge in [0.15, 0.2) is 0 Å². The Balaban J connectivity index is 0.000000361. The lowest BCUT2D eigenvalue weighted by Crippen LogP contribution is -1.84. The predicted molar refractivity (Wildman–Crippen MR) is 86.5 cm³/mol. The third kappa shape index (κ3) is 3.95. The number of halogens is 1. The molecule has 0 radical (unpaired) electrons. The van der Waals surface area contributed by atoms with E-state index >= 15 is 0 Å². The monoisotopic (exact) mass is 304 g/mol. The highest BCUT2D eigenvalue weighted by Gasteiger charge is 2.05. The fourth-order valence-corrected chi connectivity index (χ4v) is 2.35. The van der Waals surface area contributed by atoms with Crippen LogP contribution in [0.2, 0.25) is 0 Å². The number of hydrogen-bond donors (Lipinski definition) is 1. The maximum atomic E-state index is 10.7. The highest BCUT2D eigenvalue weighted by atomic mass is 32.1. The van der Waals surface area contributed by atoms with Crippen LogP contribution >= 0.6 is 11.3 Å². The number of anilines is 1. The lowest BCUT2D eigenvalue weighted by molar-refractivity contribution is 0.487. The molecule has 0 aliphatic rings. The van der Waals surface area contributed by atoms with Crippen LogP contribution < -0.4 is 5.32 Å². The number of alkyl halides is 1. The van der Waals surface area contributed by atoms with Crippen molar-refractivity contribution in [1.29, 1.82) is 0 Å². The standard InChI is InChI=1S/C12H10N4S.C3H7F/c1-13-12-16-15-11(17-12)9-2-3-10-7-14-5-4-8(10)6-9;1-2-3-4/h2-7H,1H3,(H,13,16);2-3H2,1H3. The van der Waals surface area contributed by atoms with Crippen molar-refractivity contribution < 1.29 is 4.39 Å². The lowest BCUT2D eigenvalue weighted by Gasteiger charge is -1.99. The number of fused-ring (bicyclic) bond motifs is 1. The first-order valence-electron chi connectivity index (χ1n) is 6.69. The highest BCUT2D eigenvalue weighted by Crippen LogP contribution is 2.28. The molecule has 0 amide bonds. The molecule has 3 aromatic rings. The zero-order chi connectivity index (χ0) is 15.1. The zero-order valence-electron chi connectivity index (χ0n) is 12.0. The van der Waals surface area contributed by atoms with E-state index in [1.807, 2.05) is 25.4 Å². The minimum absolute atomic E-state index is 0.181. The van der Waals surface area contributed by atoms with Gasteiger partial charge in [-0.1, -0.05) is 30.4 Å². The highest BCUT2D eigenvalue weighted by molar-refractivity contribution is 7.18. The Bertz CT molecular complexity index is 697. The molecule has 2 aromatic heterocycles. The van der Waals surface area contributed by atoms with E-state index in [1.54, 1.807) is 24.5 Å². The summed E-state index contributed by atoms with van der Waals surface area (Å²) in [5.74, 6) is 0. The maximum Gasteiger partial charge on any atom is 0.205 e. The number of hydrogen-bond acceptors (Lipinski definition) is 5. The van der Waals surface area contributed by atoms with Crippen molar-refractivity contribution in [3.8, 4) is 10.6 Å². The van der Waals surface area contributed by atoms with E-state index in [0.29, 0.717) is 6.42 Å². The molecule has 0 atom stereocenters. The molecular weight excluding hydrogens is 287 g/mol. The first kappa shape index (κ1) is 15.3. The van der Waals surface area contributed by atoms with Gasteiger partial charge in [-0.05, 0) is 23.9 Å². The first-order valence-corrected chi connectivity index (χ1v) is 7.51. The quantitative estimate of drug-likeness (QED) is 0.789. The van der Waals surface area contributed by atoms with Crippen LogP contribution in [0.3, 0.4) is 0 Å². The second-order valence-electron chi connectivity index (χ2n) is 4.29. The normalized spacial score (nSPS) is 10.0. The fraction of sp³-hybridized carbons (Fsp3) is 0.267. The number of benzene rings is 1. The molecule has 21 heavy (non-hydrogen) atoms. The molecule has 0 saturated carbocycles. The van der Waals surface area contributed by atoms with E-state index in [4.69, 9.17) is 0 Å². The number of pyridine rings is 1. The molecule has 0 fully saturated rings. The summed E-state index contributed by atoms with van der Waals surface area (Å²) in [6, 6.07) is 8.21. The average Bonchev–Trinajstić information content (AvgIpc) is 3.04. The van der Waals surface area contributed by atoms with Crippen molar-refractivity contribution in [2.75, 3.05) is 19.0 Å². The molecule has 0 unspecified atom stereocenters. The Kier molecular flexibility index (Phi) is 5.57. The summed E-state index contributed by atoms with van der Waals surface area (Å²) in [7, 11) is 1.84. The maximum absolute atomic E-state index is 10.7. The van der Waals surface area contributed by atoms with Gasteiger partial charge in [-0.15, -0.1) is 10.2 Å². The van der Waals surface area contributed by atoms with Crippen molar-refractivity contribution in [3.63, 3.8) is 0 Å². The Labute approximate surface area is 127 Å². The van der Waals surface area contributed by atoms with Gasteiger partial charge in [0.2, 0.25) is 5.13 Å². The Morgan fingerprint density at radius 2 is 2.00 bits per heavy atom. The lowest BCUT2D eigenvalue weighted by atomic mass is 10.1. The molecular formula is C15H17FN4S. The molecule has 0 bridgehead atoms. The summed E-state index contributed by atoms with van der Waals surface area (Å²) in [4.78, 5) is 4.10. The van der Waals surface area contributed by atoms with Crippen molar-refractivity contribution in [2.45, 2.75) is 13.3 Å². The molecule has 0 spiro atoms. The molecule has 0 aliphatic heterocycles. The van der Waals surface area contributed by atoms with Crippen molar-refractivity contribution >= 4 is 27.2 Å². The summed E-state index contributed by atoms with van der Waals surface area (Å²) < 4.78 is 10.7. The zero-order valence-corrected chi connectivity index (χ0v) is 12.8. The van der Waals surface area contributed by atoms with E-state index in [0.717, 1.165) is 21.1 Å². The van der Waals surface area contributed by atoms with Gasteiger partial charge in [-0.25, -0.2) is 0 Å². The Morgan fingerprint density at radius 1 is 1.19 bits per heavy atom. The van der Waals surface area contributed by atoms with Crippen LogP contribution in [0.15, 0.2) is 36.7 Å². The van der Waals surface area contributed by atoms with Crippen LogP contribution in [0.1, 0.15) is 13.3 Å². The van der Waals surface area contributed by atoms with E-state index < -0.39 is 0 Å². The van der Waals surface area contributed by atoms with Crippen LogP contribution in [0, 0.1) is 0 Å². The Morgan fingerprint density at radius 3 is 2.67 bits per heavy atom.